The number of nitrogens with one attached hydrogen (secondary N) is 1. The van der Waals surface area contributed by atoms with Gasteiger partial charge in [-0.3, -0.25) is 0 Å². The van der Waals surface area contributed by atoms with Gasteiger partial charge in [-0.05, 0) is 43.4 Å². The molecule has 0 amide bonds. The Hall–Kier alpha value is -0.910. The third-order valence-corrected chi connectivity index (χ3v) is 4.78. The summed E-state index contributed by atoms with van der Waals surface area (Å²) in [6, 6.07) is 6.86. The summed E-state index contributed by atoms with van der Waals surface area (Å²) in [5, 5.41) is 13.4. The van der Waals surface area contributed by atoms with E-state index in [-0.39, 0.29) is 4.90 Å². The first kappa shape index (κ1) is 14.5. The lowest BCUT2D eigenvalue weighted by molar-refractivity contribution is 0.169. The van der Waals surface area contributed by atoms with Gasteiger partial charge in [0.25, 0.3) is 0 Å². The van der Waals surface area contributed by atoms with Crippen LogP contribution in [-0.2, 0) is 9.84 Å². The molecule has 0 heterocycles. The van der Waals surface area contributed by atoms with E-state index in [9.17, 15) is 13.5 Å². The first-order chi connectivity index (χ1) is 8.88. The minimum Gasteiger partial charge on any atom is -0.387 e. The van der Waals surface area contributed by atoms with E-state index < -0.39 is 15.9 Å². The van der Waals surface area contributed by atoms with Gasteiger partial charge in [0, 0.05) is 18.8 Å². The highest BCUT2D eigenvalue weighted by Gasteiger charge is 2.27. The number of rotatable bonds is 6. The SMILES string of the molecule is CC(NCC(O)c1ccc(S(C)(=O)=O)cc1)C1CC1. The third kappa shape index (κ3) is 4.03. The van der Waals surface area contributed by atoms with Crippen molar-refractivity contribution in [2.75, 3.05) is 12.8 Å². The van der Waals surface area contributed by atoms with Gasteiger partial charge >= 0.3 is 0 Å². The van der Waals surface area contributed by atoms with Crippen molar-refractivity contribution in [3.63, 3.8) is 0 Å². The van der Waals surface area contributed by atoms with E-state index >= 15 is 0 Å². The van der Waals surface area contributed by atoms with Crippen molar-refractivity contribution in [1.82, 2.24) is 5.32 Å². The molecule has 2 atom stereocenters. The zero-order valence-electron chi connectivity index (χ0n) is 11.3. The maximum absolute atomic E-state index is 11.3. The van der Waals surface area contributed by atoms with Gasteiger partial charge in [-0.25, -0.2) is 8.42 Å². The van der Waals surface area contributed by atoms with Crippen molar-refractivity contribution in [3.05, 3.63) is 29.8 Å². The molecule has 4 nitrogen and oxygen atoms in total. The van der Waals surface area contributed by atoms with Crippen molar-refractivity contribution >= 4 is 9.84 Å². The lowest BCUT2D eigenvalue weighted by Crippen LogP contribution is -2.31. The Morgan fingerprint density at radius 2 is 1.89 bits per heavy atom. The molecule has 1 aromatic rings. The molecule has 1 fully saturated rings. The Labute approximate surface area is 114 Å². The fourth-order valence-corrected chi connectivity index (χ4v) is 2.75. The van der Waals surface area contributed by atoms with E-state index in [2.05, 4.69) is 12.2 Å². The topological polar surface area (TPSA) is 66.4 Å². The monoisotopic (exact) mass is 283 g/mol. The molecule has 0 aliphatic heterocycles. The van der Waals surface area contributed by atoms with Crippen LogP contribution in [0.2, 0.25) is 0 Å². The second kappa shape index (κ2) is 5.61. The van der Waals surface area contributed by atoms with Crippen LogP contribution >= 0.6 is 0 Å². The second-order valence-corrected chi connectivity index (χ2v) is 7.41. The van der Waals surface area contributed by atoms with Gasteiger partial charge in [-0.15, -0.1) is 0 Å². The highest BCUT2D eigenvalue weighted by molar-refractivity contribution is 7.90. The van der Waals surface area contributed by atoms with Crippen molar-refractivity contribution in [3.8, 4) is 0 Å². The van der Waals surface area contributed by atoms with Crippen LogP contribution in [0.1, 0.15) is 31.4 Å². The molecule has 2 N–H and O–H groups in total. The standard InChI is InChI=1S/C14H21NO3S/c1-10(11-3-4-11)15-9-14(16)12-5-7-13(8-6-12)19(2,17)18/h5-8,10-11,14-16H,3-4,9H2,1-2H3. The molecular weight excluding hydrogens is 262 g/mol. The molecule has 0 spiro atoms. The van der Waals surface area contributed by atoms with E-state index in [1.807, 2.05) is 0 Å². The molecule has 1 aromatic carbocycles. The van der Waals surface area contributed by atoms with Gasteiger partial charge in [0.2, 0.25) is 0 Å². The highest BCUT2D eigenvalue weighted by Crippen LogP contribution is 2.32. The van der Waals surface area contributed by atoms with Crippen LogP contribution in [0.5, 0.6) is 0 Å². The van der Waals surface area contributed by atoms with Gasteiger partial charge in [-0.1, -0.05) is 12.1 Å². The zero-order chi connectivity index (χ0) is 14.0. The summed E-state index contributed by atoms with van der Waals surface area (Å²) < 4.78 is 22.7. The number of sulfone groups is 1. The van der Waals surface area contributed by atoms with Gasteiger partial charge < -0.3 is 10.4 Å². The summed E-state index contributed by atoms with van der Waals surface area (Å²) in [6.07, 6.45) is 3.12. The average Bonchev–Trinajstić information content (AvgIpc) is 3.19. The van der Waals surface area contributed by atoms with Crippen LogP contribution in [0.25, 0.3) is 0 Å². The van der Waals surface area contributed by atoms with Crippen LogP contribution in [0.3, 0.4) is 0 Å². The predicted octanol–water partition coefficient (Wildman–Crippen LogP) is 1.51. The lowest BCUT2D eigenvalue weighted by atomic mass is 10.1. The average molecular weight is 283 g/mol. The number of aliphatic hydroxyl groups excluding tert-OH is 1. The number of aliphatic hydroxyl groups is 1. The van der Waals surface area contributed by atoms with Crippen molar-refractivity contribution in [2.45, 2.75) is 36.8 Å². The first-order valence-corrected chi connectivity index (χ1v) is 8.48. The third-order valence-electron chi connectivity index (χ3n) is 3.66. The molecule has 1 aliphatic rings. The van der Waals surface area contributed by atoms with Gasteiger partial charge in [0.05, 0.1) is 11.0 Å². The van der Waals surface area contributed by atoms with Crippen molar-refractivity contribution in [2.24, 2.45) is 5.92 Å². The minimum absolute atomic E-state index is 0.280. The van der Waals surface area contributed by atoms with Crippen molar-refractivity contribution < 1.29 is 13.5 Å². The highest BCUT2D eigenvalue weighted by atomic mass is 32.2. The summed E-state index contributed by atoms with van der Waals surface area (Å²) in [4.78, 5) is 0.280. The van der Waals surface area contributed by atoms with Crippen LogP contribution in [-0.4, -0.2) is 32.4 Å². The molecule has 0 aromatic heterocycles. The smallest absolute Gasteiger partial charge is 0.175 e. The maximum Gasteiger partial charge on any atom is 0.175 e. The Morgan fingerprint density at radius 1 is 1.32 bits per heavy atom. The van der Waals surface area contributed by atoms with Gasteiger partial charge in [-0.2, -0.15) is 0 Å². The van der Waals surface area contributed by atoms with Crippen LogP contribution in [0.15, 0.2) is 29.2 Å². The predicted molar refractivity (Wildman–Crippen MR) is 74.7 cm³/mol. The van der Waals surface area contributed by atoms with E-state index in [1.165, 1.54) is 31.2 Å². The van der Waals surface area contributed by atoms with Crippen LogP contribution in [0.4, 0.5) is 0 Å². The summed E-state index contributed by atoms with van der Waals surface area (Å²) in [5.74, 6) is 0.750. The summed E-state index contributed by atoms with van der Waals surface area (Å²) in [6.45, 7) is 2.63. The molecule has 5 heteroatoms. The molecule has 1 saturated carbocycles. The van der Waals surface area contributed by atoms with Gasteiger partial charge in [0.15, 0.2) is 9.84 Å². The normalized spacial score (nSPS) is 19.1. The molecular formula is C14H21NO3S. The molecule has 2 unspecified atom stereocenters. The molecule has 0 radical (unpaired) electrons. The minimum atomic E-state index is -3.17. The molecule has 1 aliphatic carbocycles. The number of hydrogen-bond donors (Lipinski definition) is 2. The fraction of sp³-hybridized carbons (Fsp3) is 0.571. The van der Waals surface area contributed by atoms with Crippen LogP contribution < -0.4 is 5.32 Å². The zero-order valence-corrected chi connectivity index (χ0v) is 12.2. The molecule has 0 bridgehead atoms. The Bertz CT molecular complexity index is 520. The quantitative estimate of drug-likeness (QED) is 0.830. The number of benzene rings is 1. The fourth-order valence-electron chi connectivity index (χ4n) is 2.12. The summed E-state index contributed by atoms with van der Waals surface area (Å²) in [7, 11) is -3.17. The number of hydrogen-bond acceptors (Lipinski definition) is 4. The second-order valence-electron chi connectivity index (χ2n) is 5.39. The lowest BCUT2D eigenvalue weighted by Gasteiger charge is -2.17. The van der Waals surface area contributed by atoms with E-state index in [4.69, 9.17) is 0 Å². The first-order valence-electron chi connectivity index (χ1n) is 6.59. The maximum atomic E-state index is 11.3. The Kier molecular flexibility index (Phi) is 4.28. The molecule has 2 rings (SSSR count). The van der Waals surface area contributed by atoms with Crippen molar-refractivity contribution in [1.29, 1.82) is 0 Å². The molecule has 19 heavy (non-hydrogen) atoms. The molecule has 106 valence electrons. The van der Waals surface area contributed by atoms with Crippen LogP contribution in [0, 0.1) is 5.92 Å². The van der Waals surface area contributed by atoms with E-state index in [0.29, 0.717) is 12.6 Å². The van der Waals surface area contributed by atoms with Gasteiger partial charge in [0.1, 0.15) is 0 Å². The Morgan fingerprint density at radius 3 is 2.37 bits per heavy atom. The largest absolute Gasteiger partial charge is 0.387 e. The summed E-state index contributed by atoms with van der Waals surface area (Å²) in [5.41, 5.74) is 0.739. The molecule has 0 saturated heterocycles. The van der Waals surface area contributed by atoms with E-state index in [1.54, 1.807) is 12.1 Å². The summed E-state index contributed by atoms with van der Waals surface area (Å²) >= 11 is 0. The Balaban J connectivity index is 1.93. The van der Waals surface area contributed by atoms with E-state index in [0.717, 1.165) is 11.5 Å².